The second-order valence-corrected chi connectivity index (χ2v) is 4.36. The molecular formula is C14H20N2O2. The molecule has 0 aromatic heterocycles. The van der Waals surface area contributed by atoms with E-state index in [9.17, 15) is 4.79 Å². The highest BCUT2D eigenvalue weighted by Crippen LogP contribution is 2.30. The average molecular weight is 248 g/mol. The molecule has 0 radical (unpaired) electrons. The number of para-hydroxylation sites is 2. The van der Waals surface area contributed by atoms with Crippen molar-refractivity contribution >= 4 is 11.6 Å². The summed E-state index contributed by atoms with van der Waals surface area (Å²) >= 11 is 0. The van der Waals surface area contributed by atoms with Crippen LogP contribution in [0.1, 0.15) is 19.8 Å². The van der Waals surface area contributed by atoms with Gasteiger partial charge in [-0.15, -0.1) is 0 Å². The number of carbonyl (C=O) groups excluding carboxylic acids is 1. The van der Waals surface area contributed by atoms with Crippen molar-refractivity contribution in [3.63, 3.8) is 0 Å². The van der Waals surface area contributed by atoms with Crippen molar-refractivity contribution in [2.75, 3.05) is 31.1 Å². The first-order valence-corrected chi connectivity index (χ1v) is 6.56. The maximum Gasteiger partial charge on any atom is 0.230 e. The zero-order chi connectivity index (χ0) is 12.8. The predicted molar refractivity (Wildman–Crippen MR) is 72.1 cm³/mol. The van der Waals surface area contributed by atoms with Gasteiger partial charge in [-0.3, -0.25) is 4.79 Å². The highest BCUT2D eigenvalue weighted by molar-refractivity contribution is 5.95. The van der Waals surface area contributed by atoms with Crippen molar-refractivity contribution in [3.8, 4) is 5.75 Å². The molecule has 1 aliphatic heterocycles. The maximum atomic E-state index is 12.1. The number of hydrogen-bond acceptors (Lipinski definition) is 3. The second-order valence-electron chi connectivity index (χ2n) is 4.36. The monoisotopic (exact) mass is 248 g/mol. The third-order valence-electron chi connectivity index (χ3n) is 2.97. The number of fused-ring (bicyclic) bond motifs is 1. The highest BCUT2D eigenvalue weighted by atomic mass is 16.5. The molecule has 1 aromatic carbocycles. The van der Waals surface area contributed by atoms with Crippen LogP contribution >= 0.6 is 0 Å². The van der Waals surface area contributed by atoms with Gasteiger partial charge in [-0.25, -0.2) is 0 Å². The molecule has 0 atom stereocenters. The van der Waals surface area contributed by atoms with E-state index in [0.717, 1.165) is 30.9 Å². The van der Waals surface area contributed by atoms with Crippen molar-refractivity contribution < 1.29 is 9.53 Å². The quantitative estimate of drug-likeness (QED) is 0.808. The molecule has 2 rings (SSSR count). The molecule has 0 aliphatic carbocycles. The van der Waals surface area contributed by atoms with Gasteiger partial charge in [0.05, 0.1) is 18.7 Å². The molecule has 0 saturated heterocycles. The number of nitrogens with zero attached hydrogens (tertiary/aromatic N) is 1. The standard InChI is InChI=1S/C14H20N2O2/c1-2-8-15-9-10-16-12-5-3-4-6-13(12)18-11-7-14(16)17/h3-6,15H,2,7-11H2,1H3. The van der Waals surface area contributed by atoms with Gasteiger partial charge in [0.15, 0.2) is 0 Å². The van der Waals surface area contributed by atoms with Gasteiger partial charge in [0.1, 0.15) is 5.75 Å². The van der Waals surface area contributed by atoms with Crippen LogP contribution in [-0.4, -0.2) is 32.1 Å². The lowest BCUT2D eigenvalue weighted by Crippen LogP contribution is -2.36. The molecule has 4 nitrogen and oxygen atoms in total. The fourth-order valence-electron chi connectivity index (χ4n) is 2.06. The van der Waals surface area contributed by atoms with Gasteiger partial charge < -0.3 is 15.0 Å². The van der Waals surface area contributed by atoms with Crippen molar-refractivity contribution in [1.29, 1.82) is 0 Å². The van der Waals surface area contributed by atoms with Crippen LogP contribution in [0.15, 0.2) is 24.3 Å². The second kappa shape index (κ2) is 6.40. The minimum absolute atomic E-state index is 0.137. The summed E-state index contributed by atoms with van der Waals surface area (Å²) in [5, 5.41) is 3.32. The third-order valence-corrected chi connectivity index (χ3v) is 2.97. The number of hydrogen-bond donors (Lipinski definition) is 1. The summed E-state index contributed by atoms with van der Waals surface area (Å²) in [5.74, 6) is 0.942. The first-order chi connectivity index (χ1) is 8.83. The molecule has 0 bridgehead atoms. The molecule has 0 fully saturated rings. The Balaban J connectivity index is 2.08. The van der Waals surface area contributed by atoms with Crippen LogP contribution in [0, 0.1) is 0 Å². The van der Waals surface area contributed by atoms with Gasteiger partial charge in [-0.2, -0.15) is 0 Å². The number of carbonyl (C=O) groups is 1. The smallest absolute Gasteiger partial charge is 0.230 e. The SMILES string of the molecule is CCCNCCN1C(=O)CCOc2ccccc21. The zero-order valence-corrected chi connectivity index (χ0v) is 10.8. The van der Waals surface area contributed by atoms with Crippen LogP contribution in [0.4, 0.5) is 5.69 Å². The maximum absolute atomic E-state index is 12.1. The van der Waals surface area contributed by atoms with Crippen LogP contribution in [0.3, 0.4) is 0 Å². The summed E-state index contributed by atoms with van der Waals surface area (Å²) in [6.07, 6.45) is 1.55. The topological polar surface area (TPSA) is 41.6 Å². The summed E-state index contributed by atoms with van der Waals surface area (Å²) in [7, 11) is 0. The normalized spacial score (nSPS) is 14.9. The minimum atomic E-state index is 0.137. The van der Waals surface area contributed by atoms with Gasteiger partial charge in [0.25, 0.3) is 0 Å². The van der Waals surface area contributed by atoms with Gasteiger partial charge in [0, 0.05) is 13.1 Å². The molecule has 98 valence electrons. The Labute approximate surface area is 108 Å². The number of ether oxygens (including phenoxy) is 1. The Bertz CT molecular complexity index is 407. The molecular weight excluding hydrogens is 228 g/mol. The summed E-state index contributed by atoms with van der Waals surface area (Å²) in [4.78, 5) is 13.9. The first kappa shape index (κ1) is 12.9. The first-order valence-electron chi connectivity index (χ1n) is 6.56. The lowest BCUT2D eigenvalue weighted by molar-refractivity contribution is -0.118. The molecule has 1 N–H and O–H groups in total. The van der Waals surface area contributed by atoms with Crippen molar-refractivity contribution in [1.82, 2.24) is 5.32 Å². The fraction of sp³-hybridized carbons (Fsp3) is 0.500. The number of rotatable bonds is 5. The van der Waals surface area contributed by atoms with E-state index in [2.05, 4.69) is 12.2 Å². The largest absolute Gasteiger partial charge is 0.491 e. The van der Waals surface area contributed by atoms with Crippen LogP contribution in [-0.2, 0) is 4.79 Å². The Morgan fingerprint density at radius 3 is 3.00 bits per heavy atom. The van der Waals surface area contributed by atoms with E-state index in [1.54, 1.807) is 0 Å². The number of nitrogens with one attached hydrogen (secondary N) is 1. The molecule has 1 heterocycles. The molecule has 0 spiro atoms. The van der Waals surface area contributed by atoms with Crippen LogP contribution in [0.5, 0.6) is 5.75 Å². The summed E-state index contributed by atoms with van der Waals surface area (Å²) in [6, 6.07) is 7.73. The van der Waals surface area contributed by atoms with Crippen LogP contribution in [0.2, 0.25) is 0 Å². The van der Waals surface area contributed by atoms with Gasteiger partial charge in [-0.05, 0) is 25.1 Å². The van der Waals surface area contributed by atoms with Gasteiger partial charge >= 0.3 is 0 Å². The zero-order valence-electron chi connectivity index (χ0n) is 10.8. The Morgan fingerprint density at radius 2 is 2.17 bits per heavy atom. The lowest BCUT2D eigenvalue weighted by atomic mass is 10.2. The van der Waals surface area contributed by atoms with Crippen molar-refractivity contribution in [2.45, 2.75) is 19.8 Å². The number of benzene rings is 1. The Hall–Kier alpha value is -1.55. The van der Waals surface area contributed by atoms with E-state index in [-0.39, 0.29) is 5.91 Å². The number of anilines is 1. The van der Waals surface area contributed by atoms with Gasteiger partial charge in [0.2, 0.25) is 5.91 Å². The lowest BCUT2D eigenvalue weighted by Gasteiger charge is -2.22. The fourth-order valence-corrected chi connectivity index (χ4v) is 2.06. The highest BCUT2D eigenvalue weighted by Gasteiger charge is 2.22. The van der Waals surface area contributed by atoms with E-state index in [4.69, 9.17) is 4.74 Å². The van der Waals surface area contributed by atoms with Crippen molar-refractivity contribution in [3.05, 3.63) is 24.3 Å². The summed E-state index contributed by atoms with van der Waals surface area (Å²) < 4.78 is 5.59. The molecule has 1 aliphatic rings. The molecule has 1 amide bonds. The Kier molecular flexibility index (Phi) is 4.59. The molecule has 1 aromatic rings. The van der Waals surface area contributed by atoms with E-state index >= 15 is 0 Å². The Morgan fingerprint density at radius 1 is 1.33 bits per heavy atom. The minimum Gasteiger partial charge on any atom is -0.491 e. The van der Waals surface area contributed by atoms with E-state index in [0.29, 0.717) is 19.6 Å². The molecule has 0 saturated carbocycles. The predicted octanol–water partition coefficient (Wildman–Crippen LogP) is 1.80. The molecule has 0 unspecified atom stereocenters. The van der Waals surface area contributed by atoms with Crippen molar-refractivity contribution in [2.24, 2.45) is 0 Å². The van der Waals surface area contributed by atoms with Gasteiger partial charge in [-0.1, -0.05) is 19.1 Å². The van der Waals surface area contributed by atoms with E-state index in [1.165, 1.54) is 0 Å². The van der Waals surface area contributed by atoms with Crippen LogP contribution in [0.25, 0.3) is 0 Å². The van der Waals surface area contributed by atoms with Crippen LogP contribution < -0.4 is 15.0 Å². The summed E-state index contributed by atoms with van der Waals surface area (Å²) in [5.41, 5.74) is 0.887. The summed E-state index contributed by atoms with van der Waals surface area (Å²) in [6.45, 7) is 5.09. The van der Waals surface area contributed by atoms with E-state index < -0.39 is 0 Å². The third kappa shape index (κ3) is 3.01. The molecule has 18 heavy (non-hydrogen) atoms. The number of amides is 1. The van der Waals surface area contributed by atoms with E-state index in [1.807, 2.05) is 29.2 Å². The molecule has 4 heteroatoms. The average Bonchev–Trinajstić information content (AvgIpc) is 2.54.